The number of carbonyl (C=O) groups is 1. The van der Waals surface area contributed by atoms with Crippen LogP contribution in [0.1, 0.15) is 29.5 Å². The van der Waals surface area contributed by atoms with Gasteiger partial charge in [-0.2, -0.15) is 0 Å². The number of hydrogen-bond acceptors (Lipinski definition) is 3. The van der Waals surface area contributed by atoms with Crippen LogP contribution in [0.15, 0.2) is 48.8 Å². The summed E-state index contributed by atoms with van der Waals surface area (Å²) in [6.45, 7) is 3.27. The van der Waals surface area contributed by atoms with Crippen molar-refractivity contribution >= 4 is 5.91 Å². The molecule has 0 atom stereocenters. The third-order valence-corrected chi connectivity index (χ3v) is 4.64. The summed E-state index contributed by atoms with van der Waals surface area (Å²) in [5.74, 6) is 0.104. The van der Waals surface area contributed by atoms with Crippen molar-refractivity contribution in [2.24, 2.45) is 0 Å². The van der Waals surface area contributed by atoms with Gasteiger partial charge in [0, 0.05) is 24.5 Å². The van der Waals surface area contributed by atoms with Crippen LogP contribution in [-0.4, -0.2) is 34.9 Å². The summed E-state index contributed by atoms with van der Waals surface area (Å²) >= 11 is 0. The first kappa shape index (κ1) is 16.7. The Morgan fingerprint density at radius 2 is 2.04 bits per heavy atom. The second-order valence-electron chi connectivity index (χ2n) is 6.97. The van der Waals surface area contributed by atoms with Crippen molar-refractivity contribution < 1.29 is 4.79 Å². The number of nitrogens with one attached hydrogen (secondary N) is 1. The zero-order valence-electron chi connectivity index (χ0n) is 14.5. The van der Waals surface area contributed by atoms with E-state index in [4.69, 9.17) is 0 Å². The highest BCUT2D eigenvalue weighted by atomic mass is 16.2. The molecular weight excluding hydrogens is 298 g/mol. The number of likely N-dealkylation sites (N-methyl/N-ethyl adjacent to an activating group) is 1. The summed E-state index contributed by atoms with van der Waals surface area (Å²) in [4.78, 5) is 18.5. The molecule has 4 nitrogen and oxygen atoms in total. The molecule has 0 saturated heterocycles. The minimum absolute atomic E-state index is 0.0294. The second-order valence-corrected chi connectivity index (χ2v) is 6.97. The number of rotatable bonds is 7. The Hall–Kier alpha value is -2.20. The van der Waals surface area contributed by atoms with E-state index in [9.17, 15) is 4.79 Å². The van der Waals surface area contributed by atoms with Crippen LogP contribution in [0, 0.1) is 6.92 Å². The lowest BCUT2D eigenvalue weighted by molar-refractivity contribution is -0.123. The van der Waals surface area contributed by atoms with Crippen molar-refractivity contribution in [1.29, 1.82) is 0 Å². The molecule has 1 aromatic carbocycles. The summed E-state index contributed by atoms with van der Waals surface area (Å²) < 4.78 is 0. The van der Waals surface area contributed by atoms with Crippen LogP contribution in [-0.2, 0) is 17.8 Å². The number of nitrogens with zero attached hydrogens (tertiary/aromatic N) is 2. The lowest BCUT2D eigenvalue weighted by Crippen LogP contribution is -2.43. The molecule has 1 saturated carbocycles. The molecule has 1 aliphatic rings. The molecule has 1 aliphatic carbocycles. The molecule has 1 fully saturated rings. The Morgan fingerprint density at radius 1 is 1.25 bits per heavy atom. The van der Waals surface area contributed by atoms with E-state index in [1.807, 2.05) is 30.3 Å². The number of aryl methyl sites for hydroxylation is 1. The highest BCUT2D eigenvalue weighted by Crippen LogP contribution is 2.39. The predicted octanol–water partition coefficient (Wildman–Crippen LogP) is 2.71. The van der Waals surface area contributed by atoms with Gasteiger partial charge in [-0.25, -0.2) is 0 Å². The van der Waals surface area contributed by atoms with Gasteiger partial charge in [-0.15, -0.1) is 0 Å². The number of pyridine rings is 1. The Kier molecular flexibility index (Phi) is 4.95. The van der Waals surface area contributed by atoms with Gasteiger partial charge in [-0.05, 0) is 56.0 Å². The van der Waals surface area contributed by atoms with Gasteiger partial charge >= 0.3 is 0 Å². The predicted molar refractivity (Wildman–Crippen MR) is 95.6 cm³/mol. The van der Waals surface area contributed by atoms with E-state index in [1.54, 1.807) is 6.20 Å². The molecule has 1 amide bonds. The van der Waals surface area contributed by atoms with Crippen LogP contribution < -0.4 is 5.32 Å². The van der Waals surface area contributed by atoms with Crippen LogP contribution in [0.25, 0.3) is 0 Å². The van der Waals surface area contributed by atoms with Gasteiger partial charge < -0.3 is 5.32 Å². The first-order valence-corrected chi connectivity index (χ1v) is 8.49. The summed E-state index contributed by atoms with van der Waals surface area (Å²) in [5, 5.41) is 3.26. The fraction of sp³-hybridized carbons (Fsp3) is 0.400. The molecule has 3 rings (SSSR count). The molecule has 1 aromatic heterocycles. The third-order valence-electron chi connectivity index (χ3n) is 4.64. The monoisotopic (exact) mass is 323 g/mol. The standard InChI is InChI=1S/C20H25N3O/c1-16-6-3-4-8-18(16)12-20(9-10-20)22-19(24)15-23(2)14-17-7-5-11-21-13-17/h3-8,11,13H,9-10,12,14-15H2,1-2H3,(H,22,24). The number of amides is 1. The molecule has 0 bridgehead atoms. The highest BCUT2D eigenvalue weighted by molar-refractivity contribution is 5.79. The van der Waals surface area contributed by atoms with Gasteiger partial charge in [-0.3, -0.25) is 14.7 Å². The van der Waals surface area contributed by atoms with Gasteiger partial charge in [0.15, 0.2) is 0 Å². The summed E-state index contributed by atoms with van der Waals surface area (Å²) in [6, 6.07) is 12.4. The van der Waals surface area contributed by atoms with E-state index >= 15 is 0 Å². The molecule has 4 heteroatoms. The summed E-state index contributed by atoms with van der Waals surface area (Å²) in [7, 11) is 1.97. The minimum atomic E-state index is -0.0294. The summed E-state index contributed by atoms with van der Waals surface area (Å²) in [6.07, 6.45) is 6.67. The number of carbonyl (C=O) groups excluding carboxylic acids is 1. The lowest BCUT2D eigenvalue weighted by atomic mass is 9.99. The Balaban J connectivity index is 1.52. The van der Waals surface area contributed by atoms with Crippen LogP contribution in [0.5, 0.6) is 0 Å². The first-order valence-electron chi connectivity index (χ1n) is 8.49. The van der Waals surface area contributed by atoms with E-state index in [0.717, 1.165) is 31.4 Å². The number of hydrogen-bond donors (Lipinski definition) is 1. The molecule has 1 heterocycles. The van der Waals surface area contributed by atoms with Crippen LogP contribution in [0.4, 0.5) is 0 Å². The van der Waals surface area contributed by atoms with Crippen molar-refractivity contribution in [3.8, 4) is 0 Å². The van der Waals surface area contributed by atoms with Crippen molar-refractivity contribution in [1.82, 2.24) is 15.2 Å². The quantitative estimate of drug-likeness (QED) is 0.852. The van der Waals surface area contributed by atoms with Crippen LogP contribution >= 0.6 is 0 Å². The number of aromatic nitrogens is 1. The molecule has 0 unspecified atom stereocenters. The van der Waals surface area contributed by atoms with Gasteiger partial charge in [0.25, 0.3) is 0 Å². The second kappa shape index (κ2) is 7.14. The lowest BCUT2D eigenvalue weighted by Gasteiger charge is -2.21. The first-order chi connectivity index (χ1) is 11.6. The number of benzene rings is 1. The SMILES string of the molecule is Cc1ccccc1CC1(NC(=O)CN(C)Cc2cccnc2)CC1. The van der Waals surface area contributed by atoms with Crippen molar-refractivity contribution in [2.45, 2.75) is 38.3 Å². The maximum atomic E-state index is 12.4. The van der Waals surface area contributed by atoms with Gasteiger partial charge in [0.1, 0.15) is 0 Å². The molecule has 24 heavy (non-hydrogen) atoms. The maximum absolute atomic E-state index is 12.4. The zero-order valence-corrected chi connectivity index (χ0v) is 14.5. The summed E-state index contributed by atoms with van der Waals surface area (Å²) in [5.41, 5.74) is 3.72. The molecule has 0 radical (unpaired) electrons. The average Bonchev–Trinajstić information content (AvgIpc) is 3.29. The van der Waals surface area contributed by atoms with E-state index in [-0.39, 0.29) is 11.4 Å². The Bertz CT molecular complexity index is 695. The normalized spacial score (nSPS) is 15.3. The van der Waals surface area contributed by atoms with Crippen molar-refractivity contribution in [3.05, 3.63) is 65.5 Å². The fourth-order valence-corrected chi connectivity index (χ4v) is 3.11. The van der Waals surface area contributed by atoms with E-state index in [0.29, 0.717) is 6.54 Å². The zero-order chi connectivity index (χ0) is 17.0. The topological polar surface area (TPSA) is 45.2 Å². The van der Waals surface area contributed by atoms with E-state index in [1.165, 1.54) is 11.1 Å². The molecule has 126 valence electrons. The Labute approximate surface area is 143 Å². The minimum Gasteiger partial charge on any atom is -0.349 e. The third kappa shape index (κ3) is 4.42. The Morgan fingerprint density at radius 3 is 2.71 bits per heavy atom. The van der Waals surface area contributed by atoms with Crippen molar-refractivity contribution in [2.75, 3.05) is 13.6 Å². The van der Waals surface area contributed by atoms with Crippen LogP contribution in [0.2, 0.25) is 0 Å². The van der Waals surface area contributed by atoms with Crippen LogP contribution in [0.3, 0.4) is 0 Å². The molecule has 2 aromatic rings. The van der Waals surface area contributed by atoms with Gasteiger partial charge in [-0.1, -0.05) is 30.3 Å². The molecule has 1 N–H and O–H groups in total. The largest absolute Gasteiger partial charge is 0.349 e. The molecular formula is C20H25N3O. The molecule has 0 aliphatic heterocycles. The smallest absolute Gasteiger partial charge is 0.234 e. The average molecular weight is 323 g/mol. The van der Waals surface area contributed by atoms with E-state index < -0.39 is 0 Å². The highest BCUT2D eigenvalue weighted by Gasteiger charge is 2.44. The maximum Gasteiger partial charge on any atom is 0.234 e. The molecule has 0 spiro atoms. The van der Waals surface area contributed by atoms with Crippen molar-refractivity contribution in [3.63, 3.8) is 0 Å². The van der Waals surface area contributed by atoms with Gasteiger partial charge in [0.05, 0.1) is 6.54 Å². The van der Waals surface area contributed by atoms with E-state index in [2.05, 4.69) is 41.5 Å². The fourth-order valence-electron chi connectivity index (χ4n) is 3.11. The van der Waals surface area contributed by atoms with Gasteiger partial charge in [0.2, 0.25) is 5.91 Å².